The van der Waals surface area contributed by atoms with Crippen molar-refractivity contribution in [2.24, 2.45) is 0 Å². The summed E-state index contributed by atoms with van der Waals surface area (Å²) >= 11 is 1.55. The summed E-state index contributed by atoms with van der Waals surface area (Å²) in [5.74, 6) is 0. The molecule has 0 radical (unpaired) electrons. The Morgan fingerprint density at radius 1 is 1.50 bits per heavy atom. The number of non-ortho nitro benzene ring substituents is 1. The van der Waals surface area contributed by atoms with E-state index in [9.17, 15) is 10.1 Å². The summed E-state index contributed by atoms with van der Waals surface area (Å²) in [4.78, 5) is 14.6. The van der Waals surface area contributed by atoms with Crippen LogP contribution < -0.4 is 5.32 Å². The Labute approximate surface area is 109 Å². The second-order valence-corrected chi connectivity index (χ2v) is 4.64. The number of hydrogen-bond acceptors (Lipinski definition) is 5. The summed E-state index contributed by atoms with van der Waals surface area (Å²) in [6, 6.07) is 6.60. The molecule has 0 atom stereocenters. The summed E-state index contributed by atoms with van der Waals surface area (Å²) in [6.07, 6.45) is 0.912. The maximum absolute atomic E-state index is 10.6. The molecule has 0 saturated carbocycles. The van der Waals surface area contributed by atoms with Crippen LogP contribution in [0, 0.1) is 10.1 Å². The average Bonchev–Trinajstić information content (AvgIpc) is 2.84. The Kier molecular flexibility index (Phi) is 3.88. The first-order chi connectivity index (χ1) is 8.69. The number of nitrogens with one attached hydrogen (secondary N) is 1. The highest BCUT2D eigenvalue weighted by atomic mass is 32.1. The fourth-order valence-corrected chi connectivity index (χ4v) is 2.30. The van der Waals surface area contributed by atoms with Crippen molar-refractivity contribution < 1.29 is 4.92 Å². The molecule has 0 spiro atoms. The van der Waals surface area contributed by atoms with E-state index in [4.69, 9.17) is 0 Å². The lowest BCUT2D eigenvalue weighted by atomic mass is 10.2. The van der Waals surface area contributed by atoms with Crippen molar-refractivity contribution in [3.05, 3.63) is 51.0 Å². The molecule has 0 unspecified atom stereocenters. The third kappa shape index (κ3) is 3.04. The zero-order chi connectivity index (χ0) is 13.0. The zero-order valence-corrected chi connectivity index (χ0v) is 10.7. The van der Waals surface area contributed by atoms with E-state index in [0.717, 1.165) is 22.8 Å². The van der Waals surface area contributed by atoms with Crippen LogP contribution in [0.25, 0.3) is 0 Å². The summed E-state index contributed by atoms with van der Waals surface area (Å²) < 4.78 is 0. The van der Waals surface area contributed by atoms with Crippen LogP contribution in [0.1, 0.15) is 18.2 Å². The average molecular weight is 263 g/mol. The number of nitro benzene ring substituents is 1. The van der Waals surface area contributed by atoms with Gasteiger partial charge in [-0.05, 0) is 12.0 Å². The highest BCUT2D eigenvalue weighted by Gasteiger charge is 2.06. The molecular weight excluding hydrogens is 250 g/mol. The molecule has 6 heteroatoms. The van der Waals surface area contributed by atoms with E-state index < -0.39 is 0 Å². The predicted octanol–water partition coefficient (Wildman–Crippen LogP) is 3.23. The van der Waals surface area contributed by atoms with Crippen molar-refractivity contribution in [1.29, 1.82) is 0 Å². The quantitative estimate of drug-likeness (QED) is 0.664. The van der Waals surface area contributed by atoms with Gasteiger partial charge in [0.1, 0.15) is 0 Å². The van der Waals surface area contributed by atoms with E-state index in [0.29, 0.717) is 6.54 Å². The number of aryl methyl sites for hydroxylation is 1. The van der Waals surface area contributed by atoms with Crippen molar-refractivity contribution in [2.75, 3.05) is 5.32 Å². The number of nitro groups is 1. The highest BCUT2D eigenvalue weighted by Crippen LogP contribution is 2.18. The van der Waals surface area contributed by atoms with Crippen molar-refractivity contribution in [3.63, 3.8) is 0 Å². The second-order valence-electron chi connectivity index (χ2n) is 3.78. The van der Waals surface area contributed by atoms with Crippen LogP contribution in [0.5, 0.6) is 0 Å². The molecule has 5 nitrogen and oxygen atoms in total. The molecule has 0 aliphatic heterocycles. The van der Waals surface area contributed by atoms with Gasteiger partial charge in [-0.3, -0.25) is 10.1 Å². The van der Waals surface area contributed by atoms with Crippen molar-refractivity contribution in [2.45, 2.75) is 19.9 Å². The Balaban J connectivity index is 2.01. The van der Waals surface area contributed by atoms with Gasteiger partial charge < -0.3 is 5.32 Å². The first kappa shape index (κ1) is 12.5. The Hall–Kier alpha value is -1.95. The minimum absolute atomic E-state index is 0.114. The molecule has 1 N–H and O–H groups in total. The lowest BCUT2D eigenvalue weighted by Crippen LogP contribution is -2.00. The molecule has 18 heavy (non-hydrogen) atoms. The second kappa shape index (κ2) is 5.59. The van der Waals surface area contributed by atoms with E-state index in [1.54, 1.807) is 23.5 Å². The Bertz CT molecular complexity index is 554. The topological polar surface area (TPSA) is 68.1 Å². The molecule has 0 aliphatic rings. The molecule has 1 aromatic carbocycles. The van der Waals surface area contributed by atoms with Gasteiger partial charge in [-0.25, -0.2) is 4.98 Å². The van der Waals surface area contributed by atoms with Gasteiger partial charge in [0.15, 0.2) is 5.13 Å². The van der Waals surface area contributed by atoms with Gasteiger partial charge in [-0.1, -0.05) is 19.1 Å². The lowest BCUT2D eigenvalue weighted by molar-refractivity contribution is -0.384. The number of nitrogens with zero attached hydrogens (tertiary/aromatic N) is 2. The minimum Gasteiger partial charge on any atom is -0.357 e. The van der Waals surface area contributed by atoms with Gasteiger partial charge >= 0.3 is 0 Å². The summed E-state index contributed by atoms with van der Waals surface area (Å²) in [7, 11) is 0. The van der Waals surface area contributed by atoms with E-state index in [1.807, 2.05) is 11.4 Å². The molecule has 2 rings (SSSR count). The normalized spacial score (nSPS) is 10.3. The molecule has 0 fully saturated rings. The smallest absolute Gasteiger partial charge is 0.269 e. The molecule has 94 valence electrons. The van der Waals surface area contributed by atoms with Crippen LogP contribution in [0.2, 0.25) is 0 Å². The van der Waals surface area contributed by atoms with Gasteiger partial charge in [-0.15, -0.1) is 11.3 Å². The van der Waals surface area contributed by atoms with E-state index in [2.05, 4.69) is 17.2 Å². The van der Waals surface area contributed by atoms with Gasteiger partial charge in [-0.2, -0.15) is 0 Å². The summed E-state index contributed by atoms with van der Waals surface area (Å²) in [6.45, 7) is 2.59. The summed E-state index contributed by atoms with van der Waals surface area (Å²) in [5.41, 5.74) is 2.04. The van der Waals surface area contributed by atoms with Crippen molar-refractivity contribution in [3.8, 4) is 0 Å². The third-order valence-electron chi connectivity index (χ3n) is 2.48. The number of hydrogen-bond donors (Lipinski definition) is 1. The molecule has 0 aliphatic carbocycles. The number of benzene rings is 1. The van der Waals surface area contributed by atoms with Gasteiger partial charge in [0.05, 0.1) is 10.6 Å². The minimum atomic E-state index is -0.387. The molecule has 0 amide bonds. The van der Waals surface area contributed by atoms with E-state index in [-0.39, 0.29) is 10.6 Å². The molecule has 0 saturated heterocycles. The standard InChI is InChI=1S/C12H13N3O2S/c1-2-10-8-18-12(14-10)13-7-9-4-3-5-11(6-9)15(16)17/h3-6,8H,2,7H2,1H3,(H,13,14). The molecule has 2 aromatic rings. The van der Waals surface area contributed by atoms with Gasteiger partial charge in [0.2, 0.25) is 0 Å². The fraction of sp³-hybridized carbons (Fsp3) is 0.250. The highest BCUT2D eigenvalue weighted by molar-refractivity contribution is 7.13. The molecule has 1 heterocycles. The van der Waals surface area contributed by atoms with Gasteiger partial charge in [0.25, 0.3) is 5.69 Å². The van der Waals surface area contributed by atoms with Crippen LogP contribution in [0.4, 0.5) is 10.8 Å². The maximum Gasteiger partial charge on any atom is 0.269 e. The number of aromatic nitrogens is 1. The van der Waals surface area contributed by atoms with Crippen LogP contribution in [0.3, 0.4) is 0 Å². The fourth-order valence-electron chi connectivity index (χ4n) is 1.51. The number of rotatable bonds is 5. The Morgan fingerprint density at radius 2 is 2.33 bits per heavy atom. The van der Waals surface area contributed by atoms with E-state index in [1.165, 1.54) is 6.07 Å². The Morgan fingerprint density at radius 3 is 3.00 bits per heavy atom. The summed E-state index contributed by atoms with van der Waals surface area (Å²) in [5, 5.41) is 16.7. The van der Waals surface area contributed by atoms with Crippen LogP contribution in [-0.4, -0.2) is 9.91 Å². The monoisotopic (exact) mass is 263 g/mol. The molecule has 1 aromatic heterocycles. The van der Waals surface area contributed by atoms with Crippen molar-refractivity contribution >= 4 is 22.2 Å². The molecular formula is C12H13N3O2S. The SMILES string of the molecule is CCc1csc(NCc2cccc([N+](=O)[O-])c2)n1. The lowest BCUT2D eigenvalue weighted by Gasteiger charge is -2.02. The predicted molar refractivity (Wildman–Crippen MR) is 71.9 cm³/mol. The number of thiazole rings is 1. The largest absolute Gasteiger partial charge is 0.357 e. The third-order valence-corrected chi connectivity index (χ3v) is 3.33. The zero-order valence-electron chi connectivity index (χ0n) is 9.92. The van der Waals surface area contributed by atoms with Crippen molar-refractivity contribution in [1.82, 2.24) is 4.98 Å². The first-order valence-corrected chi connectivity index (χ1v) is 6.48. The number of anilines is 1. The molecule has 0 bridgehead atoms. The van der Waals surface area contributed by atoms with E-state index >= 15 is 0 Å². The van der Waals surface area contributed by atoms with Gasteiger partial charge in [0, 0.05) is 24.1 Å². The van der Waals surface area contributed by atoms with Crippen LogP contribution in [0.15, 0.2) is 29.6 Å². The maximum atomic E-state index is 10.6. The van der Waals surface area contributed by atoms with Crippen LogP contribution in [-0.2, 0) is 13.0 Å². The first-order valence-electron chi connectivity index (χ1n) is 5.60. The van der Waals surface area contributed by atoms with Crippen LogP contribution >= 0.6 is 11.3 Å².